The molecule has 8 heteroatoms. The highest BCUT2D eigenvalue weighted by molar-refractivity contribution is 7.89. The molecule has 2 N–H and O–H groups in total. The molecule has 0 saturated heterocycles. The quantitative estimate of drug-likeness (QED) is 0.735. The van der Waals surface area contributed by atoms with Crippen LogP contribution in [0.25, 0.3) is 0 Å². The van der Waals surface area contributed by atoms with Gasteiger partial charge in [0.1, 0.15) is 11.5 Å². The van der Waals surface area contributed by atoms with E-state index in [4.69, 9.17) is 9.68 Å². The van der Waals surface area contributed by atoms with Crippen molar-refractivity contribution in [2.45, 2.75) is 31.2 Å². The summed E-state index contributed by atoms with van der Waals surface area (Å²) in [5, 5.41) is 11.2. The van der Waals surface area contributed by atoms with Gasteiger partial charge in [-0.05, 0) is 50.2 Å². The number of furan rings is 1. The Bertz CT molecular complexity index is 879. The average molecular weight is 361 g/mol. The van der Waals surface area contributed by atoms with Gasteiger partial charge in [-0.25, -0.2) is 13.1 Å². The summed E-state index contributed by atoms with van der Waals surface area (Å²) >= 11 is 0. The number of carbonyl (C=O) groups is 1. The smallest absolute Gasteiger partial charge is 0.251 e. The Morgan fingerprint density at radius 3 is 2.48 bits per heavy atom. The van der Waals surface area contributed by atoms with Gasteiger partial charge in [-0.2, -0.15) is 5.26 Å². The van der Waals surface area contributed by atoms with Gasteiger partial charge in [0, 0.05) is 18.5 Å². The molecule has 1 unspecified atom stereocenters. The Balaban J connectivity index is 2.04. The summed E-state index contributed by atoms with van der Waals surface area (Å²) < 4.78 is 31.8. The molecule has 0 aliphatic rings. The Morgan fingerprint density at radius 1 is 1.24 bits per heavy atom. The van der Waals surface area contributed by atoms with E-state index >= 15 is 0 Å². The number of hydrogen-bond donors (Lipinski definition) is 2. The van der Waals surface area contributed by atoms with Crippen molar-refractivity contribution >= 4 is 15.9 Å². The van der Waals surface area contributed by atoms with E-state index in [1.807, 2.05) is 19.1 Å². The van der Waals surface area contributed by atoms with Gasteiger partial charge in [-0.15, -0.1) is 0 Å². The summed E-state index contributed by atoms with van der Waals surface area (Å²) in [6.07, 6.45) is 0.0872. The lowest BCUT2D eigenvalue weighted by Gasteiger charge is -2.12. The maximum Gasteiger partial charge on any atom is 0.251 e. The third-order valence-electron chi connectivity index (χ3n) is 3.49. The lowest BCUT2D eigenvalue weighted by Crippen LogP contribution is -2.27. The van der Waals surface area contributed by atoms with Crippen LogP contribution < -0.4 is 10.0 Å². The first-order valence-electron chi connectivity index (χ1n) is 7.67. The van der Waals surface area contributed by atoms with Crippen molar-refractivity contribution in [3.63, 3.8) is 0 Å². The van der Waals surface area contributed by atoms with Gasteiger partial charge in [0.2, 0.25) is 10.0 Å². The monoisotopic (exact) mass is 361 g/mol. The van der Waals surface area contributed by atoms with Crippen LogP contribution in [0.2, 0.25) is 0 Å². The van der Waals surface area contributed by atoms with Crippen molar-refractivity contribution in [3.05, 3.63) is 53.5 Å². The van der Waals surface area contributed by atoms with Crippen LogP contribution in [0.3, 0.4) is 0 Å². The number of rotatable bonds is 7. The first-order chi connectivity index (χ1) is 11.8. The summed E-state index contributed by atoms with van der Waals surface area (Å²) in [6, 6.07) is 10.7. The molecule has 7 nitrogen and oxygen atoms in total. The molecule has 2 rings (SSSR count). The predicted octanol–water partition coefficient (Wildman–Crippen LogP) is 2.27. The van der Waals surface area contributed by atoms with Crippen LogP contribution >= 0.6 is 0 Å². The van der Waals surface area contributed by atoms with Gasteiger partial charge >= 0.3 is 0 Å². The molecule has 1 aromatic heterocycles. The van der Waals surface area contributed by atoms with Crippen molar-refractivity contribution in [2.75, 3.05) is 6.54 Å². The minimum atomic E-state index is -3.69. The topological polar surface area (TPSA) is 112 Å². The van der Waals surface area contributed by atoms with Crippen LogP contribution in [-0.2, 0) is 10.0 Å². The van der Waals surface area contributed by atoms with E-state index in [1.54, 1.807) is 13.0 Å². The van der Waals surface area contributed by atoms with Crippen LogP contribution in [0.15, 0.2) is 45.7 Å². The average Bonchev–Trinajstić information content (AvgIpc) is 3.01. The SMILES string of the molecule is Cc1ccc(C(C)NC(=O)c2ccc(S(=O)(=O)NCCC#N)cc2)o1. The summed E-state index contributed by atoms with van der Waals surface area (Å²) in [4.78, 5) is 12.3. The van der Waals surface area contributed by atoms with Gasteiger partial charge in [0.15, 0.2) is 0 Å². The highest BCUT2D eigenvalue weighted by Crippen LogP contribution is 2.17. The molecule has 1 aromatic carbocycles. The molecule has 1 amide bonds. The molecule has 1 atom stereocenters. The molecule has 0 aliphatic heterocycles. The van der Waals surface area contributed by atoms with Gasteiger partial charge in [-0.1, -0.05) is 0 Å². The molecular formula is C17H19N3O4S. The zero-order chi connectivity index (χ0) is 18.4. The summed E-state index contributed by atoms with van der Waals surface area (Å²) in [6.45, 7) is 3.66. The van der Waals surface area contributed by atoms with E-state index < -0.39 is 10.0 Å². The van der Waals surface area contributed by atoms with Crippen molar-refractivity contribution in [1.82, 2.24) is 10.0 Å². The number of aryl methyl sites for hydroxylation is 1. The molecule has 2 aromatic rings. The molecule has 1 heterocycles. The summed E-state index contributed by atoms with van der Waals surface area (Å²) in [5.41, 5.74) is 0.339. The van der Waals surface area contributed by atoms with Crippen molar-refractivity contribution in [1.29, 1.82) is 5.26 Å². The molecule has 25 heavy (non-hydrogen) atoms. The summed E-state index contributed by atoms with van der Waals surface area (Å²) in [5.74, 6) is 1.07. The van der Waals surface area contributed by atoms with Crippen LogP contribution in [0.1, 0.15) is 41.3 Å². The van der Waals surface area contributed by atoms with Gasteiger partial charge in [-0.3, -0.25) is 4.79 Å². The van der Waals surface area contributed by atoms with Gasteiger partial charge < -0.3 is 9.73 Å². The van der Waals surface area contributed by atoms with E-state index in [2.05, 4.69) is 10.0 Å². The zero-order valence-corrected chi connectivity index (χ0v) is 14.8. The highest BCUT2D eigenvalue weighted by Gasteiger charge is 2.16. The Hall–Kier alpha value is -2.63. The predicted molar refractivity (Wildman–Crippen MR) is 91.2 cm³/mol. The minimum Gasteiger partial charge on any atom is -0.464 e. The van der Waals surface area contributed by atoms with Crippen LogP contribution in [0, 0.1) is 18.3 Å². The fourth-order valence-electron chi connectivity index (χ4n) is 2.15. The third kappa shape index (κ3) is 4.92. The van der Waals surface area contributed by atoms with Crippen LogP contribution in [0.5, 0.6) is 0 Å². The number of nitrogens with one attached hydrogen (secondary N) is 2. The molecule has 0 bridgehead atoms. The normalized spacial score (nSPS) is 12.4. The minimum absolute atomic E-state index is 0.0386. The van der Waals surface area contributed by atoms with Crippen LogP contribution in [0.4, 0.5) is 0 Å². The second-order valence-electron chi connectivity index (χ2n) is 5.47. The second kappa shape index (κ2) is 7.96. The maximum absolute atomic E-state index is 12.3. The first kappa shape index (κ1) is 18.7. The Morgan fingerprint density at radius 2 is 1.92 bits per heavy atom. The van der Waals surface area contributed by atoms with Crippen molar-refractivity contribution < 1.29 is 17.6 Å². The molecule has 0 aliphatic carbocycles. The first-order valence-corrected chi connectivity index (χ1v) is 9.15. The maximum atomic E-state index is 12.3. The van der Waals surface area contributed by atoms with E-state index in [0.717, 1.165) is 5.76 Å². The third-order valence-corrected chi connectivity index (χ3v) is 4.97. The number of sulfonamides is 1. The second-order valence-corrected chi connectivity index (χ2v) is 7.24. The number of hydrogen-bond acceptors (Lipinski definition) is 5. The Kier molecular flexibility index (Phi) is 5.96. The van der Waals surface area contributed by atoms with E-state index in [1.165, 1.54) is 24.3 Å². The molecule has 0 radical (unpaired) electrons. The lowest BCUT2D eigenvalue weighted by atomic mass is 10.2. The number of nitrogens with zero attached hydrogens (tertiary/aromatic N) is 1. The largest absolute Gasteiger partial charge is 0.464 e. The molecule has 0 saturated carbocycles. The van der Waals surface area contributed by atoms with E-state index in [0.29, 0.717) is 11.3 Å². The number of nitriles is 1. The molecule has 0 spiro atoms. The highest BCUT2D eigenvalue weighted by atomic mass is 32.2. The Labute approximate surface area is 146 Å². The van der Waals surface area contributed by atoms with Gasteiger partial charge in [0.05, 0.1) is 17.0 Å². The molecule has 132 valence electrons. The molecular weight excluding hydrogens is 342 g/mol. The number of benzene rings is 1. The van der Waals surface area contributed by atoms with E-state index in [-0.39, 0.29) is 29.8 Å². The standard InChI is InChI=1S/C17H19N3O4S/c1-12-4-9-16(24-12)13(2)20-17(21)14-5-7-15(8-6-14)25(22,23)19-11-3-10-18/h4-9,13,19H,3,11H2,1-2H3,(H,20,21). The lowest BCUT2D eigenvalue weighted by molar-refractivity contribution is 0.0935. The van der Waals surface area contributed by atoms with Crippen molar-refractivity contribution in [3.8, 4) is 6.07 Å². The fraction of sp³-hybridized carbons (Fsp3) is 0.294. The van der Waals surface area contributed by atoms with Gasteiger partial charge in [0.25, 0.3) is 5.91 Å². The number of carbonyl (C=O) groups excluding carboxylic acids is 1. The van der Waals surface area contributed by atoms with Crippen molar-refractivity contribution in [2.24, 2.45) is 0 Å². The summed E-state index contributed by atoms with van der Waals surface area (Å²) in [7, 11) is -3.69. The number of amides is 1. The van der Waals surface area contributed by atoms with Crippen LogP contribution in [-0.4, -0.2) is 20.9 Å². The molecule has 0 fully saturated rings. The van der Waals surface area contributed by atoms with E-state index in [9.17, 15) is 13.2 Å². The zero-order valence-electron chi connectivity index (χ0n) is 13.9. The fourth-order valence-corrected chi connectivity index (χ4v) is 3.18.